The topological polar surface area (TPSA) is 105 Å². The van der Waals surface area contributed by atoms with Gasteiger partial charge in [-0.05, 0) is 6.07 Å². The Morgan fingerprint density at radius 1 is 1.15 bits per heavy atom. The second kappa shape index (κ2) is 4.41. The molecule has 0 saturated heterocycles. The average molecular weight is 296 g/mol. The highest BCUT2D eigenvalue weighted by atomic mass is 32.2. The van der Waals surface area contributed by atoms with E-state index in [1.165, 1.54) is 12.3 Å². The minimum absolute atomic E-state index is 0.0478. The van der Waals surface area contributed by atoms with E-state index in [-0.39, 0.29) is 10.8 Å². The van der Waals surface area contributed by atoms with Crippen molar-refractivity contribution in [3.8, 4) is 22.6 Å². The third-order valence-corrected chi connectivity index (χ3v) is 4.07. The maximum absolute atomic E-state index is 12.0. The van der Waals surface area contributed by atoms with E-state index in [0.717, 1.165) is 6.26 Å². The number of hydrogen-bond donors (Lipinski definition) is 1. The highest BCUT2D eigenvalue weighted by molar-refractivity contribution is 7.90. The fourth-order valence-electron chi connectivity index (χ4n) is 2.04. The van der Waals surface area contributed by atoms with Crippen LogP contribution < -0.4 is 15.2 Å². The fourth-order valence-corrected chi connectivity index (χ4v) is 2.93. The first-order valence-electron chi connectivity index (χ1n) is 5.81. The smallest absolute Gasteiger partial charge is 0.229 e. The summed E-state index contributed by atoms with van der Waals surface area (Å²) in [6.45, 7) is 0.786. The Bertz CT molecular complexity index is 766. The van der Waals surface area contributed by atoms with Crippen LogP contribution in [0.3, 0.4) is 0 Å². The number of anilines is 1. The predicted octanol–water partition coefficient (Wildman–Crippen LogP) is 1.10. The molecule has 1 aliphatic heterocycles. The second-order valence-electron chi connectivity index (χ2n) is 4.37. The summed E-state index contributed by atoms with van der Waals surface area (Å²) in [4.78, 5) is 0.0941. The maximum Gasteiger partial charge on any atom is 0.229 e. The Morgan fingerprint density at radius 2 is 1.80 bits per heavy atom. The molecular formula is C12H12N2O5S. The van der Waals surface area contributed by atoms with E-state index in [4.69, 9.17) is 19.7 Å². The van der Waals surface area contributed by atoms with Gasteiger partial charge in [0.05, 0.1) is 16.7 Å². The molecule has 0 fully saturated rings. The van der Waals surface area contributed by atoms with Gasteiger partial charge >= 0.3 is 0 Å². The van der Waals surface area contributed by atoms with E-state index in [1.807, 2.05) is 0 Å². The monoisotopic (exact) mass is 296 g/mol. The van der Waals surface area contributed by atoms with Gasteiger partial charge in [-0.1, -0.05) is 5.16 Å². The average Bonchev–Trinajstić information content (AvgIpc) is 2.82. The highest BCUT2D eigenvalue weighted by Gasteiger charge is 2.24. The number of hydrogen-bond acceptors (Lipinski definition) is 7. The third-order valence-electron chi connectivity index (χ3n) is 2.93. The van der Waals surface area contributed by atoms with Gasteiger partial charge in [-0.2, -0.15) is 0 Å². The molecule has 1 aromatic carbocycles. The summed E-state index contributed by atoms with van der Waals surface area (Å²) >= 11 is 0. The molecule has 0 aliphatic carbocycles. The number of rotatable bonds is 2. The van der Waals surface area contributed by atoms with Crippen molar-refractivity contribution in [2.45, 2.75) is 4.90 Å². The molecule has 106 valence electrons. The minimum atomic E-state index is -3.47. The van der Waals surface area contributed by atoms with Crippen molar-refractivity contribution < 1.29 is 22.4 Å². The molecule has 20 heavy (non-hydrogen) atoms. The Hall–Kier alpha value is -2.22. The molecule has 0 saturated carbocycles. The summed E-state index contributed by atoms with van der Waals surface area (Å²) in [5.41, 5.74) is 6.45. The van der Waals surface area contributed by atoms with Crippen molar-refractivity contribution in [2.75, 3.05) is 25.2 Å². The molecule has 0 spiro atoms. The van der Waals surface area contributed by atoms with Crippen LogP contribution in [-0.4, -0.2) is 33.0 Å². The van der Waals surface area contributed by atoms with E-state index in [1.54, 1.807) is 6.07 Å². The van der Waals surface area contributed by atoms with Crippen molar-refractivity contribution in [2.24, 2.45) is 0 Å². The number of ether oxygens (including phenoxy) is 2. The molecular weight excluding hydrogens is 284 g/mol. The van der Waals surface area contributed by atoms with Gasteiger partial charge in [-0.25, -0.2) is 8.42 Å². The van der Waals surface area contributed by atoms with Crippen LogP contribution >= 0.6 is 0 Å². The van der Waals surface area contributed by atoms with Crippen molar-refractivity contribution in [3.63, 3.8) is 0 Å². The minimum Gasteiger partial charge on any atom is -0.486 e. The molecule has 7 nitrogen and oxygen atoms in total. The van der Waals surface area contributed by atoms with Crippen LogP contribution in [0.5, 0.6) is 11.5 Å². The number of benzene rings is 1. The number of fused-ring (bicyclic) bond motifs is 1. The lowest BCUT2D eigenvalue weighted by atomic mass is 10.1. The second-order valence-corrected chi connectivity index (χ2v) is 6.35. The Kier molecular flexibility index (Phi) is 2.82. The van der Waals surface area contributed by atoms with Gasteiger partial charge in [0.15, 0.2) is 21.3 Å². The van der Waals surface area contributed by atoms with Gasteiger partial charge in [0.2, 0.25) is 5.88 Å². The largest absolute Gasteiger partial charge is 0.486 e. The Labute approximate surface area is 115 Å². The summed E-state index contributed by atoms with van der Waals surface area (Å²) in [6, 6.07) is 3.01. The van der Waals surface area contributed by atoms with Gasteiger partial charge in [0, 0.05) is 17.9 Å². The number of nitrogens with two attached hydrogens (primary N) is 1. The lowest BCUT2D eigenvalue weighted by molar-refractivity contribution is 0.171. The van der Waals surface area contributed by atoms with Crippen molar-refractivity contribution in [1.82, 2.24) is 5.16 Å². The third kappa shape index (κ3) is 2.07. The summed E-state index contributed by atoms with van der Waals surface area (Å²) < 4.78 is 39.6. The van der Waals surface area contributed by atoms with Crippen LogP contribution in [0.4, 0.5) is 5.88 Å². The van der Waals surface area contributed by atoms with Crippen molar-refractivity contribution in [1.29, 1.82) is 0 Å². The number of nitrogens with zero attached hydrogens (tertiary/aromatic N) is 1. The predicted molar refractivity (Wildman–Crippen MR) is 70.5 cm³/mol. The lowest BCUT2D eigenvalue weighted by Gasteiger charge is -2.20. The summed E-state index contributed by atoms with van der Waals surface area (Å²) in [5, 5.41) is 3.57. The SMILES string of the molecule is CS(=O)(=O)c1cc2c(cc1-c1cnoc1N)OCCO2. The van der Waals surface area contributed by atoms with E-state index < -0.39 is 9.84 Å². The number of sulfone groups is 1. The first-order valence-corrected chi connectivity index (χ1v) is 7.70. The van der Waals surface area contributed by atoms with E-state index in [9.17, 15) is 8.42 Å². The standard InChI is InChI=1S/C12H12N2O5S/c1-20(15,16)11-5-10-9(17-2-3-18-10)4-7(11)8-6-14-19-12(8)13/h4-6H,2-3,13H2,1H3. The molecule has 0 bridgehead atoms. The molecule has 2 aromatic rings. The molecule has 0 unspecified atom stereocenters. The van der Waals surface area contributed by atoms with Crippen LogP contribution in [0, 0.1) is 0 Å². The van der Waals surface area contributed by atoms with Crippen molar-refractivity contribution >= 4 is 15.7 Å². The number of nitrogen functional groups attached to an aromatic ring is 1. The molecule has 0 radical (unpaired) electrons. The first kappa shape index (κ1) is 12.8. The van der Waals surface area contributed by atoms with Gasteiger partial charge in [0.1, 0.15) is 13.2 Å². The van der Waals surface area contributed by atoms with Gasteiger partial charge in [-0.3, -0.25) is 0 Å². The molecule has 1 aromatic heterocycles. The molecule has 0 amide bonds. The zero-order valence-electron chi connectivity index (χ0n) is 10.6. The fraction of sp³-hybridized carbons (Fsp3) is 0.250. The van der Waals surface area contributed by atoms with Crippen LogP contribution in [0.1, 0.15) is 0 Å². The summed E-state index contributed by atoms with van der Waals surface area (Å²) in [5.74, 6) is 0.918. The molecule has 3 rings (SSSR count). The zero-order valence-corrected chi connectivity index (χ0v) is 11.4. The summed E-state index contributed by atoms with van der Waals surface area (Å²) in [6.07, 6.45) is 2.49. The molecule has 0 atom stereocenters. The van der Waals surface area contributed by atoms with Gasteiger partial charge in [0.25, 0.3) is 0 Å². The van der Waals surface area contributed by atoms with Crippen LogP contribution in [0.15, 0.2) is 27.7 Å². The first-order chi connectivity index (χ1) is 9.47. The van der Waals surface area contributed by atoms with Gasteiger partial charge < -0.3 is 19.7 Å². The molecule has 2 N–H and O–H groups in total. The molecule has 2 heterocycles. The van der Waals surface area contributed by atoms with Gasteiger partial charge in [-0.15, -0.1) is 0 Å². The zero-order chi connectivity index (χ0) is 14.3. The number of aromatic nitrogens is 1. The molecule has 1 aliphatic rings. The Morgan fingerprint density at radius 3 is 2.35 bits per heavy atom. The van der Waals surface area contributed by atoms with E-state index in [0.29, 0.717) is 35.8 Å². The quantitative estimate of drug-likeness (QED) is 0.884. The maximum atomic E-state index is 12.0. The van der Waals surface area contributed by atoms with Crippen molar-refractivity contribution in [3.05, 3.63) is 18.3 Å². The van der Waals surface area contributed by atoms with E-state index in [2.05, 4.69) is 5.16 Å². The normalized spacial score (nSPS) is 14.2. The van der Waals surface area contributed by atoms with E-state index >= 15 is 0 Å². The van der Waals surface area contributed by atoms with Crippen LogP contribution in [0.25, 0.3) is 11.1 Å². The van der Waals surface area contributed by atoms with Crippen LogP contribution in [0.2, 0.25) is 0 Å². The lowest BCUT2D eigenvalue weighted by Crippen LogP contribution is -2.16. The molecule has 8 heteroatoms. The highest BCUT2D eigenvalue weighted by Crippen LogP contribution is 2.40. The van der Waals surface area contributed by atoms with Crippen LogP contribution in [-0.2, 0) is 9.84 Å². The summed E-state index contributed by atoms with van der Waals surface area (Å²) in [7, 11) is -3.47. The Balaban J connectivity index is 2.29.